The molecular formula is C17H26N2O3. The Morgan fingerprint density at radius 2 is 1.77 bits per heavy atom. The Labute approximate surface area is 132 Å². The second-order valence-corrected chi connectivity index (χ2v) is 5.67. The second-order valence-electron chi connectivity index (χ2n) is 5.67. The number of aryl methyl sites for hydroxylation is 1. The van der Waals surface area contributed by atoms with E-state index in [9.17, 15) is 9.59 Å². The summed E-state index contributed by atoms with van der Waals surface area (Å²) in [5.41, 5.74) is 2.18. The van der Waals surface area contributed by atoms with Crippen LogP contribution >= 0.6 is 0 Å². The number of hydrogen-bond acceptors (Lipinski definition) is 3. The molecule has 0 aliphatic carbocycles. The quantitative estimate of drug-likeness (QED) is 0.849. The van der Waals surface area contributed by atoms with Crippen LogP contribution in [0.2, 0.25) is 0 Å². The predicted octanol–water partition coefficient (Wildman–Crippen LogP) is 2.94. The molecule has 0 aromatic heterocycles. The highest BCUT2D eigenvalue weighted by molar-refractivity contribution is 5.86. The first-order chi connectivity index (χ1) is 10.4. The van der Waals surface area contributed by atoms with E-state index in [-0.39, 0.29) is 24.5 Å². The summed E-state index contributed by atoms with van der Waals surface area (Å²) in [6, 6.07) is 7.16. The maximum atomic E-state index is 12.4. The third-order valence-electron chi connectivity index (χ3n) is 3.51. The van der Waals surface area contributed by atoms with Gasteiger partial charge in [0.2, 0.25) is 5.91 Å². The van der Waals surface area contributed by atoms with Gasteiger partial charge in [-0.2, -0.15) is 0 Å². The van der Waals surface area contributed by atoms with Crippen LogP contribution in [0.4, 0.5) is 4.79 Å². The number of hydrogen-bond donors (Lipinski definition) is 2. The Morgan fingerprint density at radius 1 is 1.14 bits per heavy atom. The molecule has 0 unspecified atom stereocenters. The number of carbonyl (C=O) groups is 2. The molecule has 0 saturated heterocycles. The summed E-state index contributed by atoms with van der Waals surface area (Å²) >= 11 is 0. The minimum Gasteiger partial charge on any atom is -0.450 e. The molecule has 0 aliphatic rings. The van der Waals surface area contributed by atoms with Gasteiger partial charge in [0.15, 0.2) is 0 Å². The van der Waals surface area contributed by atoms with Crippen molar-refractivity contribution in [3.63, 3.8) is 0 Å². The van der Waals surface area contributed by atoms with Gasteiger partial charge in [-0.1, -0.05) is 38.1 Å². The van der Waals surface area contributed by atoms with Gasteiger partial charge in [0.05, 0.1) is 12.6 Å². The molecular weight excluding hydrogens is 280 g/mol. The lowest BCUT2D eigenvalue weighted by Gasteiger charge is -2.24. The van der Waals surface area contributed by atoms with Crippen LogP contribution in [0.5, 0.6) is 0 Å². The summed E-state index contributed by atoms with van der Waals surface area (Å²) in [6.07, 6.45) is -0.570. The van der Waals surface area contributed by atoms with Gasteiger partial charge in [0.25, 0.3) is 0 Å². The molecule has 0 fully saturated rings. The fourth-order valence-electron chi connectivity index (χ4n) is 2.29. The van der Waals surface area contributed by atoms with Crippen LogP contribution in [0.1, 0.15) is 44.9 Å². The maximum absolute atomic E-state index is 12.4. The lowest BCUT2D eigenvalue weighted by molar-refractivity contribution is -0.124. The first kappa shape index (κ1) is 18.0. The molecule has 0 saturated carbocycles. The van der Waals surface area contributed by atoms with Crippen LogP contribution in [0.3, 0.4) is 0 Å². The van der Waals surface area contributed by atoms with Gasteiger partial charge in [0, 0.05) is 0 Å². The largest absolute Gasteiger partial charge is 0.450 e. The van der Waals surface area contributed by atoms with Crippen LogP contribution in [-0.4, -0.2) is 24.6 Å². The molecule has 2 atom stereocenters. The van der Waals surface area contributed by atoms with Crippen LogP contribution in [0, 0.1) is 12.8 Å². The first-order valence-electron chi connectivity index (χ1n) is 7.66. The molecule has 22 heavy (non-hydrogen) atoms. The summed E-state index contributed by atoms with van der Waals surface area (Å²) in [7, 11) is 0. The van der Waals surface area contributed by atoms with Gasteiger partial charge in [-0.25, -0.2) is 4.79 Å². The number of alkyl carbamates (subject to hydrolysis) is 1. The third-order valence-corrected chi connectivity index (χ3v) is 3.51. The summed E-state index contributed by atoms with van der Waals surface area (Å²) in [5, 5.41) is 5.57. The average Bonchev–Trinajstić information content (AvgIpc) is 2.44. The minimum atomic E-state index is -0.620. The van der Waals surface area contributed by atoms with E-state index < -0.39 is 12.1 Å². The van der Waals surface area contributed by atoms with Crippen molar-refractivity contribution in [3.8, 4) is 0 Å². The monoisotopic (exact) mass is 306 g/mol. The number of rotatable bonds is 6. The van der Waals surface area contributed by atoms with E-state index in [0.29, 0.717) is 0 Å². The summed E-state index contributed by atoms with van der Waals surface area (Å²) < 4.78 is 4.85. The molecule has 2 amide bonds. The number of benzene rings is 1. The van der Waals surface area contributed by atoms with Crippen LogP contribution in [0.25, 0.3) is 0 Å². The van der Waals surface area contributed by atoms with Crippen LogP contribution in [-0.2, 0) is 9.53 Å². The molecule has 0 spiro atoms. The SMILES string of the molecule is CCOC(=O)N[C@H](C(=O)N[C@@H](C)c1ccccc1C)C(C)C. The van der Waals surface area contributed by atoms with Gasteiger partial charge < -0.3 is 15.4 Å². The molecule has 1 aromatic rings. The zero-order chi connectivity index (χ0) is 16.7. The van der Waals surface area contributed by atoms with Crippen LogP contribution in [0.15, 0.2) is 24.3 Å². The van der Waals surface area contributed by atoms with Gasteiger partial charge in [0.1, 0.15) is 6.04 Å². The molecule has 122 valence electrons. The normalized spacial score (nSPS) is 13.4. The fraction of sp³-hybridized carbons (Fsp3) is 0.529. The summed E-state index contributed by atoms with van der Waals surface area (Å²) in [5.74, 6) is -0.243. The lowest BCUT2D eigenvalue weighted by Crippen LogP contribution is -2.50. The number of ether oxygens (including phenoxy) is 1. The smallest absolute Gasteiger partial charge is 0.407 e. The zero-order valence-electron chi connectivity index (χ0n) is 14.0. The van der Waals surface area contributed by atoms with E-state index in [1.165, 1.54) is 0 Å². The van der Waals surface area contributed by atoms with E-state index in [4.69, 9.17) is 4.74 Å². The van der Waals surface area contributed by atoms with Crippen molar-refractivity contribution < 1.29 is 14.3 Å². The van der Waals surface area contributed by atoms with E-state index in [1.54, 1.807) is 6.92 Å². The van der Waals surface area contributed by atoms with E-state index in [0.717, 1.165) is 11.1 Å². The zero-order valence-corrected chi connectivity index (χ0v) is 14.0. The van der Waals surface area contributed by atoms with E-state index >= 15 is 0 Å². The van der Waals surface area contributed by atoms with Gasteiger partial charge in [-0.05, 0) is 37.8 Å². The topological polar surface area (TPSA) is 67.4 Å². The van der Waals surface area contributed by atoms with Crippen molar-refractivity contribution in [2.45, 2.75) is 46.7 Å². The number of carbonyl (C=O) groups excluding carboxylic acids is 2. The molecule has 0 radical (unpaired) electrons. The second kappa shape index (κ2) is 8.41. The standard InChI is InChI=1S/C17H26N2O3/c1-6-22-17(21)19-15(11(2)3)16(20)18-13(5)14-10-8-7-9-12(14)4/h7-11,13,15H,6H2,1-5H3,(H,18,20)(H,19,21)/t13-,15-/m0/s1. The Morgan fingerprint density at radius 3 is 2.32 bits per heavy atom. The average molecular weight is 306 g/mol. The Hall–Kier alpha value is -2.04. The van der Waals surface area contributed by atoms with Crippen molar-refractivity contribution >= 4 is 12.0 Å². The summed E-state index contributed by atoms with van der Waals surface area (Å²) in [6.45, 7) is 9.71. The van der Waals surface area contributed by atoms with Crippen molar-refractivity contribution in [1.29, 1.82) is 0 Å². The molecule has 0 aliphatic heterocycles. The molecule has 0 bridgehead atoms. The molecule has 0 heterocycles. The third kappa shape index (κ3) is 5.06. The summed E-state index contributed by atoms with van der Waals surface area (Å²) in [4.78, 5) is 24.0. The Balaban J connectivity index is 2.75. The molecule has 1 rings (SSSR count). The van der Waals surface area contributed by atoms with Crippen molar-refractivity contribution in [2.75, 3.05) is 6.61 Å². The highest BCUT2D eigenvalue weighted by Crippen LogP contribution is 2.17. The van der Waals surface area contributed by atoms with Crippen molar-refractivity contribution in [2.24, 2.45) is 5.92 Å². The van der Waals surface area contributed by atoms with Crippen molar-refractivity contribution in [1.82, 2.24) is 10.6 Å². The van der Waals surface area contributed by atoms with Crippen LogP contribution < -0.4 is 10.6 Å². The lowest BCUT2D eigenvalue weighted by atomic mass is 10.00. The van der Waals surface area contributed by atoms with E-state index in [1.807, 2.05) is 52.0 Å². The Kier molecular flexibility index (Phi) is 6.89. The highest BCUT2D eigenvalue weighted by atomic mass is 16.5. The molecule has 2 N–H and O–H groups in total. The Bertz CT molecular complexity index is 514. The minimum absolute atomic E-state index is 0.0338. The molecule has 5 nitrogen and oxygen atoms in total. The fourth-order valence-corrected chi connectivity index (χ4v) is 2.29. The first-order valence-corrected chi connectivity index (χ1v) is 7.66. The van der Waals surface area contributed by atoms with Gasteiger partial charge in [-0.3, -0.25) is 4.79 Å². The molecule has 5 heteroatoms. The number of nitrogens with one attached hydrogen (secondary N) is 2. The molecule has 1 aromatic carbocycles. The highest BCUT2D eigenvalue weighted by Gasteiger charge is 2.26. The van der Waals surface area contributed by atoms with Gasteiger partial charge >= 0.3 is 6.09 Å². The van der Waals surface area contributed by atoms with Crippen molar-refractivity contribution in [3.05, 3.63) is 35.4 Å². The van der Waals surface area contributed by atoms with Gasteiger partial charge in [-0.15, -0.1) is 0 Å². The predicted molar refractivity (Wildman–Crippen MR) is 86.5 cm³/mol. The number of amides is 2. The maximum Gasteiger partial charge on any atom is 0.407 e. The van der Waals surface area contributed by atoms with E-state index in [2.05, 4.69) is 10.6 Å².